The molecule has 1 N–H and O–H groups in total. The van der Waals surface area contributed by atoms with Gasteiger partial charge in [-0.15, -0.1) is 0 Å². The van der Waals surface area contributed by atoms with Crippen LogP contribution in [0.2, 0.25) is 0 Å². The second-order valence-corrected chi connectivity index (χ2v) is 4.79. The van der Waals surface area contributed by atoms with Crippen molar-refractivity contribution in [2.24, 2.45) is 0 Å². The molecule has 0 atom stereocenters. The summed E-state index contributed by atoms with van der Waals surface area (Å²) in [4.78, 5) is 24.2. The molecule has 0 unspecified atom stereocenters. The van der Waals surface area contributed by atoms with E-state index in [1.807, 2.05) is 0 Å². The summed E-state index contributed by atoms with van der Waals surface area (Å²) >= 11 is 0. The Kier molecular flexibility index (Phi) is 4.50. The Morgan fingerprint density at radius 3 is 2.50 bits per heavy atom. The molecule has 0 radical (unpaired) electrons. The molecule has 2 rings (SSSR count). The lowest BCUT2D eigenvalue weighted by molar-refractivity contribution is -0.138. The molecule has 0 bridgehead atoms. The van der Waals surface area contributed by atoms with Crippen molar-refractivity contribution in [2.45, 2.75) is 25.3 Å². The van der Waals surface area contributed by atoms with Crippen LogP contribution in [-0.2, 0) is 9.59 Å². The summed E-state index contributed by atoms with van der Waals surface area (Å²) in [5.74, 6) is -1.43. The van der Waals surface area contributed by atoms with E-state index < -0.39 is 5.97 Å². The molecule has 20 heavy (non-hydrogen) atoms. The molecule has 1 aliphatic rings. The van der Waals surface area contributed by atoms with Crippen LogP contribution >= 0.6 is 0 Å². The van der Waals surface area contributed by atoms with Gasteiger partial charge in [0.2, 0.25) is 5.91 Å². The first-order valence-electron chi connectivity index (χ1n) is 6.52. The molecular weight excluding hydrogens is 261 g/mol. The molecular formula is C15H16FNO3. The van der Waals surface area contributed by atoms with E-state index in [0.29, 0.717) is 0 Å². The summed E-state index contributed by atoms with van der Waals surface area (Å²) in [7, 11) is 0. The summed E-state index contributed by atoms with van der Waals surface area (Å²) in [6.45, 7) is 0.229. The van der Waals surface area contributed by atoms with Crippen molar-refractivity contribution in [3.05, 3.63) is 41.7 Å². The number of carbonyl (C=O) groups excluding carboxylic acids is 1. The molecule has 0 saturated heterocycles. The van der Waals surface area contributed by atoms with Gasteiger partial charge in [-0.3, -0.25) is 9.59 Å². The number of rotatable bonds is 6. The van der Waals surface area contributed by atoms with E-state index >= 15 is 0 Å². The van der Waals surface area contributed by atoms with Crippen molar-refractivity contribution >= 4 is 18.0 Å². The van der Waals surface area contributed by atoms with Gasteiger partial charge in [-0.2, -0.15) is 0 Å². The van der Waals surface area contributed by atoms with Crippen LogP contribution in [0.3, 0.4) is 0 Å². The highest BCUT2D eigenvalue weighted by Gasteiger charge is 2.31. The quantitative estimate of drug-likeness (QED) is 0.812. The molecule has 1 amide bonds. The predicted octanol–water partition coefficient (Wildman–Crippen LogP) is 2.30. The summed E-state index contributed by atoms with van der Waals surface area (Å²) in [5.41, 5.74) is 0.730. The maximum absolute atomic E-state index is 12.7. The molecule has 1 saturated carbocycles. The van der Waals surface area contributed by atoms with Gasteiger partial charge in [0.25, 0.3) is 0 Å². The first-order chi connectivity index (χ1) is 9.56. The van der Waals surface area contributed by atoms with E-state index in [1.54, 1.807) is 23.1 Å². The molecule has 106 valence electrons. The van der Waals surface area contributed by atoms with E-state index in [2.05, 4.69) is 0 Å². The first-order valence-corrected chi connectivity index (χ1v) is 6.52. The SMILES string of the molecule is O=C(O)CCN(C(=O)/C=C/c1ccc(F)cc1)C1CC1. The van der Waals surface area contributed by atoms with Gasteiger partial charge in [-0.1, -0.05) is 12.1 Å². The topological polar surface area (TPSA) is 57.6 Å². The van der Waals surface area contributed by atoms with Gasteiger partial charge in [-0.05, 0) is 36.6 Å². The fraction of sp³-hybridized carbons (Fsp3) is 0.333. The molecule has 0 aromatic heterocycles. The highest BCUT2D eigenvalue weighted by Crippen LogP contribution is 2.27. The zero-order valence-corrected chi connectivity index (χ0v) is 11.0. The van der Waals surface area contributed by atoms with Crippen LogP contribution in [0, 0.1) is 5.82 Å². The molecule has 0 spiro atoms. The van der Waals surface area contributed by atoms with Crippen LogP contribution in [0.15, 0.2) is 30.3 Å². The lowest BCUT2D eigenvalue weighted by Gasteiger charge is -2.19. The van der Waals surface area contributed by atoms with Crippen molar-refractivity contribution in [1.29, 1.82) is 0 Å². The molecule has 4 nitrogen and oxygen atoms in total. The van der Waals surface area contributed by atoms with Gasteiger partial charge in [0.15, 0.2) is 0 Å². The molecule has 1 fully saturated rings. The number of hydrogen-bond donors (Lipinski definition) is 1. The van der Waals surface area contributed by atoms with Gasteiger partial charge in [0, 0.05) is 18.7 Å². The van der Waals surface area contributed by atoms with Crippen LogP contribution in [0.25, 0.3) is 6.08 Å². The van der Waals surface area contributed by atoms with Crippen molar-refractivity contribution < 1.29 is 19.1 Å². The van der Waals surface area contributed by atoms with Gasteiger partial charge in [0.1, 0.15) is 5.82 Å². The van der Waals surface area contributed by atoms with Crippen LogP contribution in [-0.4, -0.2) is 34.5 Å². The third-order valence-corrected chi connectivity index (χ3v) is 3.13. The Labute approximate surface area is 116 Å². The van der Waals surface area contributed by atoms with Gasteiger partial charge >= 0.3 is 5.97 Å². The standard InChI is InChI=1S/C15H16FNO3/c16-12-4-1-11(2-5-12)3-8-14(18)17(13-6-7-13)10-9-15(19)20/h1-5,8,13H,6-7,9-10H2,(H,19,20)/b8-3+. The number of benzene rings is 1. The molecule has 0 aliphatic heterocycles. The molecule has 5 heteroatoms. The molecule has 1 aromatic carbocycles. The fourth-order valence-electron chi connectivity index (χ4n) is 1.91. The van der Waals surface area contributed by atoms with Crippen molar-refractivity contribution in [2.75, 3.05) is 6.54 Å². The maximum Gasteiger partial charge on any atom is 0.305 e. The number of aliphatic carboxylic acids is 1. The Hall–Kier alpha value is -2.17. The Balaban J connectivity index is 1.97. The first kappa shape index (κ1) is 14.2. The number of hydrogen-bond acceptors (Lipinski definition) is 2. The van der Waals surface area contributed by atoms with Crippen LogP contribution in [0.1, 0.15) is 24.8 Å². The minimum atomic E-state index is -0.911. The Morgan fingerprint density at radius 2 is 1.95 bits per heavy atom. The van der Waals surface area contributed by atoms with Crippen LogP contribution in [0.4, 0.5) is 4.39 Å². The smallest absolute Gasteiger partial charge is 0.305 e. The molecule has 1 aromatic rings. The van der Waals surface area contributed by atoms with E-state index in [9.17, 15) is 14.0 Å². The molecule has 0 heterocycles. The van der Waals surface area contributed by atoms with E-state index in [1.165, 1.54) is 18.2 Å². The number of nitrogens with zero attached hydrogens (tertiary/aromatic N) is 1. The zero-order chi connectivity index (χ0) is 14.5. The van der Waals surface area contributed by atoms with Crippen molar-refractivity contribution in [3.8, 4) is 0 Å². The summed E-state index contributed by atoms with van der Waals surface area (Å²) in [5, 5.41) is 8.69. The number of carbonyl (C=O) groups is 2. The third kappa shape index (κ3) is 4.19. The monoisotopic (exact) mass is 277 g/mol. The minimum Gasteiger partial charge on any atom is -0.481 e. The second-order valence-electron chi connectivity index (χ2n) is 4.79. The Bertz CT molecular complexity index is 520. The average molecular weight is 277 g/mol. The lowest BCUT2D eigenvalue weighted by atomic mass is 10.2. The van der Waals surface area contributed by atoms with Gasteiger partial charge in [-0.25, -0.2) is 4.39 Å². The Morgan fingerprint density at radius 1 is 1.30 bits per heavy atom. The van der Waals surface area contributed by atoms with E-state index in [-0.39, 0.29) is 30.7 Å². The second kappa shape index (κ2) is 6.32. The zero-order valence-electron chi connectivity index (χ0n) is 11.0. The normalized spacial score (nSPS) is 14.4. The average Bonchev–Trinajstić information content (AvgIpc) is 3.22. The van der Waals surface area contributed by atoms with Crippen molar-refractivity contribution in [3.63, 3.8) is 0 Å². The van der Waals surface area contributed by atoms with Gasteiger partial charge < -0.3 is 10.0 Å². The largest absolute Gasteiger partial charge is 0.481 e. The number of carboxylic acid groups (broad SMARTS) is 1. The minimum absolute atomic E-state index is 0.0490. The third-order valence-electron chi connectivity index (χ3n) is 3.13. The van der Waals surface area contributed by atoms with Crippen molar-refractivity contribution in [1.82, 2.24) is 4.90 Å². The van der Waals surface area contributed by atoms with Crippen LogP contribution < -0.4 is 0 Å². The highest BCUT2D eigenvalue weighted by molar-refractivity contribution is 5.92. The number of amides is 1. The summed E-state index contributed by atoms with van der Waals surface area (Å²) < 4.78 is 12.7. The highest BCUT2D eigenvalue weighted by atomic mass is 19.1. The van der Waals surface area contributed by atoms with Gasteiger partial charge in [0.05, 0.1) is 6.42 Å². The van der Waals surface area contributed by atoms with E-state index in [0.717, 1.165) is 18.4 Å². The predicted molar refractivity (Wildman–Crippen MR) is 72.4 cm³/mol. The lowest BCUT2D eigenvalue weighted by Crippen LogP contribution is -2.33. The van der Waals surface area contributed by atoms with Crippen LogP contribution in [0.5, 0.6) is 0 Å². The number of carboxylic acids is 1. The summed E-state index contributed by atoms with van der Waals surface area (Å²) in [6.07, 6.45) is 4.82. The molecule has 1 aliphatic carbocycles. The van der Waals surface area contributed by atoms with E-state index in [4.69, 9.17) is 5.11 Å². The maximum atomic E-state index is 12.7. The summed E-state index contributed by atoms with van der Waals surface area (Å²) in [6, 6.07) is 5.98. The number of halogens is 1. The fourth-order valence-corrected chi connectivity index (χ4v) is 1.91.